The number of nitrogens with zero attached hydrogens (tertiary/aromatic N) is 2. The second-order valence-corrected chi connectivity index (χ2v) is 9.07. The molecule has 1 saturated heterocycles. The predicted octanol–water partition coefficient (Wildman–Crippen LogP) is 2.00. The predicted molar refractivity (Wildman–Crippen MR) is 95.9 cm³/mol. The van der Waals surface area contributed by atoms with Crippen molar-refractivity contribution in [3.8, 4) is 0 Å². The fraction of sp³-hybridized carbons (Fsp3) is 0.444. The van der Waals surface area contributed by atoms with E-state index >= 15 is 0 Å². The molecule has 1 fully saturated rings. The number of carbonyl (C=O) groups is 1. The first kappa shape index (κ1) is 19.5. The van der Waals surface area contributed by atoms with Crippen molar-refractivity contribution in [1.29, 1.82) is 0 Å². The third kappa shape index (κ3) is 4.35. The Morgan fingerprint density at radius 3 is 2.70 bits per heavy atom. The molecule has 0 radical (unpaired) electrons. The number of aromatic nitrogens is 2. The average molecular weight is 397 g/mol. The number of hydrogen-bond donors (Lipinski definition) is 1. The Labute approximate surface area is 156 Å². The fourth-order valence-electron chi connectivity index (χ4n) is 3.36. The summed E-state index contributed by atoms with van der Waals surface area (Å²) in [5.74, 6) is -1.49. The highest BCUT2D eigenvalue weighted by Crippen LogP contribution is 2.27. The molecule has 1 aromatic heterocycles. The molecule has 6 nitrogen and oxygen atoms in total. The minimum absolute atomic E-state index is 0.0436. The van der Waals surface area contributed by atoms with Gasteiger partial charge in [0, 0.05) is 29.4 Å². The highest BCUT2D eigenvalue weighted by atomic mass is 32.2. The van der Waals surface area contributed by atoms with Crippen LogP contribution in [0.15, 0.2) is 18.2 Å². The van der Waals surface area contributed by atoms with E-state index in [0.717, 1.165) is 23.4 Å². The highest BCUT2D eigenvalue weighted by molar-refractivity contribution is 7.91. The van der Waals surface area contributed by atoms with Gasteiger partial charge in [0.2, 0.25) is 5.91 Å². The zero-order chi connectivity index (χ0) is 19.8. The maximum atomic E-state index is 13.6. The summed E-state index contributed by atoms with van der Waals surface area (Å²) >= 11 is 0. The molecule has 0 bridgehead atoms. The maximum absolute atomic E-state index is 13.6. The van der Waals surface area contributed by atoms with Crippen LogP contribution in [0.4, 0.5) is 8.78 Å². The quantitative estimate of drug-likeness (QED) is 0.837. The van der Waals surface area contributed by atoms with Crippen LogP contribution in [0.5, 0.6) is 0 Å². The molecule has 1 aromatic carbocycles. The molecule has 27 heavy (non-hydrogen) atoms. The third-order valence-electron chi connectivity index (χ3n) is 4.86. The van der Waals surface area contributed by atoms with E-state index in [1.54, 1.807) is 11.6 Å². The van der Waals surface area contributed by atoms with Crippen molar-refractivity contribution in [1.82, 2.24) is 15.1 Å². The van der Waals surface area contributed by atoms with Gasteiger partial charge in [0.25, 0.3) is 0 Å². The molecular formula is C18H21F2N3O3S. The van der Waals surface area contributed by atoms with E-state index in [1.165, 1.54) is 6.07 Å². The van der Waals surface area contributed by atoms with E-state index in [-0.39, 0.29) is 42.0 Å². The van der Waals surface area contributed by atoms with Crippen LogP contribution in [-0.2, 0) is 27.6 Å². The lowest BCUT2D eigenvalue weighted by molar-refractivity contribution is -0.120. The Balaban J connectivity index is 1.67. The largest absolute Gasteiger partial charge is 0.352 e. The van der Waals surface area contributed by atoms with E-state index in [2.05, 4.69) is 10.4 Å². The molecule has 0 spiro atoms. The number of hydrogen-bond acceptors (Lipinski definition) is 4. The summed E-state index contributed by atoms with van der Waals surface area (Å²) in [5.41, 5.74) is 2.36. The van der Waals surface area contributed by atoms with Gasteiger partial charge in [-0.3, -0.25) is 9.48 Å². The molecule has 2 heterocycles. The molecular weight excluding hydrogens is 376 g/mol. The second-order valence-electron chi connectivity index (χ2n) is 6.84. The number of sulfone groups is 1. The molecule has 1 unspecified atom stereocenters. The molecule has 0 saturated carbocycles. The van der Waals surface area contributed by atoms with Crippen LogP contribution in [0.2, 0.25) is 0 Å². The lowest BCUT2D eigenvalue weighted by atomic mass is 10.1. The second kappa shape index (κ2) is 7.38. The number of aryl methyl sites for hydroxylation is 1. The number of carbonyl (C=O) groups excluding carboxylic acids is 1. The summed E-state index contributed by atoms with van der Waals surface area (Å²) in [5, 5.41) is 7.04. The van der Waals surface area contributed by atoms with Crippen molar-refractivity contribution in [2.45, 2.75) is 39.3 Å². The van der Waals surface area contributed by atoms with Crippen molar-refractivity contribution in [3.63, 3.8) is 0 Å². The molecule has 2 aromatic rings. The van der Waals surface area contributed by atoms with Crippen molar-refractivity contribution in [3.05, 3.63) is 52.3 Å². The summed E-state index contributed by atoms with van der Waals surface area (Å²) in [7, 11) is -3.04. The summed E-state index contributed by atoms with van der Waals surface area (Å²) in [6.07, 6.45) is 0.569. The SMILES string of the molecule is Cc1nn(C2CCS(=O)(=O)C2)c(C)c1CC(=O)NCc1ccc(F)cc1F. The zero-order valence-corrected chi connectivity index (χ0v) is 15.9. The van der Waals surface area contributed by atoms with Gasteiger partial charge in [-0.15, -0.1) is 0 Å². The van der Waals surface area contributed by atoms with Gasteiger partial charge in [-0.25, -0.2) is 17.2 Å². The van der Waals surface area contributed by atoms with E-state index < -0.39 is 21.5 Å². The molecule has 9 heteroatoms. The van der Waals surface area contributed by atoms with Crippen LogP contribution < -0.4 is 5.32 Å². The summed E-state index contributed by atoms with van der Waals surface area (Å²) in [4.78, 5) is 12.3. The Hall–Kier alpha value is -2.29. The van der Waals surface area contributed by atoms with E-state index in [0.29, 0.717) is 12.1 Å². The number of nitrogens with one attached hydrogen (secondary N) is 1. The maximum Gasteiger partial charge on any atom is 0.224 e. The molecule has 3 rings (SSSR count). The van der Waals surface area contributed by atoms with Crippen LogP contribution in [0.3, 0.4) is 0 Å². The Morgan fingerprint density at radius 2 is 2.07 bits per heavy atom. The molecule has 1 aliphatic heterocycles. The number of rotatable bonds is 5. The van der Waals surface area contributed by atoms with E-state index in [9.17, 15) is 22.0 Å². The number of benzene rings is 1. The van der Waals surface area contributed by atoms with Crippen LogP contribution in [0.25, 0.3) is 0 Å². The Kier molecular flexibility index (Phi) is 5.32. The van der Waals surface area contributed by atoms with E-state index in [1.807, 2.05) is 6.92 Å². The fourth-order valence-corrected chi connectivity index (χ4v) is 5.05. The monoisotopic (exact) mass is 397 g/mol. The summed E-state index contributed by atoms with van der Waals surface area (Å²) in [6, 6.07) is 2.99. The van der Waals surface area contributed by atoms with Gasteiger partial charge in [-0.05, 0) is 26.3 Å². The first-order valence-corrected chi connectivity index (χ1v) is 10.4. The first-order chi connectivity index (χ1) is 12.7. The lowest BCUT2D eigenvalue weighted by Crippen LogP contribution is -2.25. The summed E-state index contributed by atoms with van der Waals surface area (Å²) in [6.45, 7) is 3.54. The van der Waals surface area contributed by atoms with Crippen molar-refractivity contribution in [2.75, 3.05) is 11.5 Å². The molecule has 1 N–H and O–H groups in total. The van der Waals surface area contributed by atoms with Crippen LogP contribution in [-0.4, -0.2) is 35.6 Å². The van der Waals surface area contributed by atoms with Gasteiger partial charge in [-0.2, -0.15) is 5.10 Å². The zero-order valence-electron chi connectivity index (χ0n) is 15.1. The van der Waals surface area contributed by atoms with Crippen molar-refractivity contribution in [2.24, 2.45) is 0 Å². The molecule has 1 amide bonds. The molecule has 146 valence electrons. The Bertz CT molecular complexity index is 986. The molecule has 0 aliphatic carbocycles. The van der Waals surface area contributed by atoms with Gasteiger partial charge in [0.05, 0.1) is 29.7 Å². The average Bonchev–Trinajstić information content (AvgIpc) is 3.07. The minimum atomic E-state index is -3.04. The normalized spacial score (nSPS) is 18.6. The van der Waals surface area contributed by atoms with Gasteiger partial charge in [0.15, 0.2) is 9.84 Å². The van der Waals surface area contributed by atoms with Crippen LogP contribution in [0, 0.1) is 25.5 Å². The topological polar surface area (TPSA) is 81.1 Å². The standard InChI is InChI=1S/C18H21F2N3O3S/c1-11-16(12(2)23(22-11)15-5-6-27(25,26)10-15)8-18(24)21-9-13-3-4-14(19)7-17(13)20/h3-4,7,15H,5-6,8-10H2,1-2H3,(H,21,24). The van der Waals surface area contributed by atoms with Crippen molar-refractivity contribution >= 4 is 15.7 Å². The van der Waals surface area contributed by atoms with Gasteiger partial charge in [0.1, 0.15) is 11.6 Å². The van der Waals surface area contributed by atoms with Crippen LogP contribution in [0.1, 0.15) is 35.0 Å². The van der Waals surface area contributed by atoms with Crippen molar-refractivity contribution < 1.29 is 22.0 Å². The van der Waals surface area contributed by atoms with Crippen LogP contribution >= 0.6 is 0 Å². The number of halogens is 2. The lowest BCUT2D eigenvalue weighted by Gasteiger charge is -2.11. The van der Waals surface area contributed by atoms with Gasteiger partial charge in [-0.1, -0.05) is 6.07 Å². The third-order valence-corrected chi connectivity index (χ3v) is 6.61. The summed E-state index contributed by atoms with van der Waals surface area (Å²) < 4.78 is 51.7. The first-order valence-electron chi connectivity index (χ1n) is 8.62. The smallest absolute Gasteiger partial charge is 0.224 e. The van der Waals surface area contributed by atoms with Gasteiger partial charge >= 0.3 is 0 Å². The highest BCUT2D eigenvalue weighted by Gasteiger charge is 2.31. The number of amides is 1. The molecule has 1 atom stereocenters. The van der Waals surface area contributed by atoms with Gasteiger partial charge < -0.3 is 5.32 Å². The molecule has 1 aliphatic rings. The minimum Gasteiger partial charge on any atom is -0.352 e. The van der Waals surface area contributed by atoms with E-state index in [4.69, 9.17) is 0 Å². The Morgan fingerprint density at radius 1 is 1.33 bits per heavy atom.